The zero-order valence-electron chi connectivity index (χ0n) is 68.3. The molecular weight excluding hydrogens is 1530 g/mol. The number of Topliss-reactive ketones (excluding diaryl/α,β-unsaturated/α-hetero) is 9. The second-order valence-corrected chi connectivity index (χ2v) is 35.4. The molecule has 1 atom stereocenters. The molecule has 1 aromatic heterocycles. The molecule has 0 aliphatic heterocycles. The lowest BCUT2D eigenvalue weighted by Crippen LogP contribution is -2.95. The Kier molecular flexibility index (Phi) is 47.5. The Labute approximate surface area is 690 Å². The Balaban J connectivity index is 0.000000443. The van der Waals surface area contributed by atoms with Crippen LogP contribution in [-0.4, -0.2) is 112 Å². The number of nitrogens with two attached hydrogens (primary N) is 1. The fraction of sp³-hybridized carbons (Fsp3) is 0.655. The molecule has 5 N–H and O–H groups in total. The molecule has 113 heavy (non-hydrogen) atoms. The SMILES string of the molecule is C1CCC([NH2+]C2CCCCC2)CC1.C=CCCC(=O)O.C=CCCC(C)=O.CC(=O)CCC1CC(=O)C1.CC(=O)CCC1CC(=O)C1(Cl)Cl.CC(C)(C)c1ccc(NC(=O)CCC2CC(=O)C2)c([N+](=O)[O-])c1.CC(C)(C)c1ccc2nc(CCC3CC(=O)C3)[nH]c2c1.Cl.O=C(Cl)CCC1CC(=O)C1.O=C([O-])CCC1CC(=O)C1. The molecule has 1 unspecified atom stereocenters. The van der Waals surface area contributed by atoms with Crippen molar-refractivity contribution in [2.75, 3.05) is 5.32 Å². The van der Waals surface area contributed by atoms with Crippen molar-refractivity contribution in [2.24, 2.45) is 35.5 Å². The second-order valence-electron chi connectivity index (χ2n) is 33.6. The molecule has 1 heterocycles. The lowest BCUT2D eigenvalue weighted by atomic mass is 9.79. The van der Waals surface area contributed by atoms with Crippen LogP contribution in [0.15, 0.2) is 61.7 Å². The van der Waals surface area contributed by atoms with Gasteiger partial charge in [-0.15, -0.1) is 25.6 Å². The van der Waals surface area contributed by atoms with Gasteiger partial charge in [0.25, 0.3) is 5.69 Å². The van der Waals surface area contributed by atoms with Crippen LogP contribution in [0.4, 0.5) is 11.4 Å². The number of aromatic nitrogens is 2. The highest BCUT2D eigenvalue weighted by atomic mass is 35.5. The van der Waals surface area contributed by atoms with Crippen LogP contribution >= 0.6 is 47.2 Å². The Hall–Kier alpha value is -6.98. The summed E-state index contributed by atoms with van der Waals surface area (Å²) >= 11 is 16.5. The predicted octanol–water partition coefficient (Wildman–Crippen LogP) is 17.0. The molecule has 0 bridgehead atoms. The zero-order valence-corrected chi connectivity index (χ0v) is 71.4. The van der Waals surface area contributed by atoms with E-state index in [-0.39, 0.29) is 112 Å². The van der Waals surface area contributed by atoms with Crippen molar-refractivity contribution in [1.29, 1.82) is 0 Å². The van der Waals surface area contributed by atoms with Crippen LogP contribution in [-0.2, 0) is 79.6 Å². The van der Waals surface area contributed by atoms with Gasteiger partial charge in [-0.25, -0.2) is 4.98 Å². The Bertz CT molecular complexity index is 3500. The van der Waals surface area contributed by atoms with Gasteiger partial charge in [-0.05, 0) is 211 Å². The summed E-state index contributed by atoms with van der Waals surface area (Å²) in [6.07, 6.45) is 34.9. The zero-order chi connectivity index (χ0) is 83.9. The van der Waals surface area contributed by atoms with Gasteiger partial charge in [0.15, 0.2) is 10.1 Å². The number of H-pyrrole nitrogens is 1. The summed E-state index contributed by atoms with van der Waals surface area (Å²) < 4.78 is -1.21. The summed E-state index contributed by atoms with van der Waals surface area (Å²) in [7, 11) is 0. The van der Waals surface area contributed by atoms with Gasteiger partial charge < -0.3 is 45.0 Å². The number of aromatic amines is 1. The van der Waals surface area contributed by atoms with Gasteiger partial charge in [0.1, 0.15) is 57.8 Å². The molecule has 1 amide bonds. The monoisotopic (exact) mass is 1650 g/mol. The number of hydrogen-bond acceptors (Lipinski definition) is 17. The number of fused-ring (bicyclic) bond motifs is 1. The number of quaternary nitrogens is 1. The largest absolute Gasteiger partial charge is 0.550 e. The van der Waals surface area contributed by atoms with Crippen molar-refractivity contribution in [3.8, 4) is 0 Å². The van der Waals surface area contributed by atoms with E-state index in [1.165, 1.54) is 82.8 Å². The minimum absolute atomic E-state index is 0. The number of nitrogens with zero attached hydrogens (tertiary/aromatic N) is 2. The number of carbonyl (C=O) groups is 13. The molecule has 630 valence electrons. The highest BCUT2D eigenvalue weighted by molar-refractivity contribution is 6.63. The maximum absolute atomic E-state index is 12.0. The fourth-order valence-corrected chi connectivity index (χ4v) is 14.2. The number of rotatable bonds is 28. The topological polar surface area (TPSA) is 366 Å². The number of aryl methyl sites for hydroxylation is 1. The third kappa shape index (κ3) is 43.0. The Morgan fingerprint density at radius 2 is 0.973 bits per heavy atom. The number of amides is 1. The van der Waals surface area contributed by atoms with Crippen LogP contribution in [0.2, 0.25) is 0 Å². The number of ketones is 9. The number of imidazole rings is 1. The van der Waals surface area contributed by atoms with Gasteiger partial charge in [0.05, 0.1) is 28.0 Å². The van der Waals surface area contributed by atoms with Gasteiger partial charge >= 0.3 is 5.97 Å². The minimum Gasteiger partial charge on any atom is -0.550 e. The molecule has 22 nitrogen and oxygen atoms in total. The van der Waals surface area contributed by atoms with Crippen molar-refractivity contribution in [2.45, 2.75) is 327 Å². The standard InChI is InChI=1S/C17H22N2O4.C17H22N2O.C12H23N.C8H10Cl2O2.C8H12O2.C7H9ClO2.C7H10O3.C6H10O.C5H8O2.ClH/c1-17(2,3)12-5-6-14(15(10-12)19(22)23)18-16(21)7-4-11-8-13(20)9-11;1-17(2,3)12-5-6-14-15(10-12)19-16(18-14)7-4-11-8-13(20)9-11;1-3-7-11(8-4-1)13-12-9-5-2-6-10-12;1-5(11)2-3-6-4-7(12)8(6,9)10;1-6(9)2-3-7-4-8(10)5-7;8-7(10)2-1-5-3-6(9)4-5;8-6-3-5(4-6)1-2-7(9)10;1-3-4-5-6(2)7;1-2-3-4-5(6)7;/h5-6,10-11H,4,7-9H2,1-3H3,(H,18,21);5-6,10-11H,4,7-9H2,1-3H3,(H,18,19);11-13H,1-10H2;6H,2-4H2,1H3;7H,2-5H2,1H3;5H,1-4H2;5H,1-4H2,(H,9,10);3H,1,4-5H2,2H3;2H,1,3-4H2,(H,6,7);1H. The molecule has 0 saturated heterocycles. The molecule has 0 radical (unpaired) electrons. The number of nitrogens with one attached hydrogen (secondary N) is 2. The summed E-state index contributed by atoms with van der Waals surface area (Å²) in [6, 6.07) is 13.4. The first-order valence-electron chi connectivity index (χ1n) is 40.3. The number of anilines is 1. The van der Waals surface area contributed by atoms with Gasteiger partial charge in [0, 0.05) is 134 Å². The van der Waals surface area contributed by atoms with Crippen molar-refractivity contribution in [1.82, 2.24) is 9.97 Å². The summed E-state index contributed by atoms with van der Waals surface area (Å²) in [5.41, 5.74) is 4.41. The summed E-state index contributed by atoms with van der Waals surface area (Å²) in [4.78, 5) is 156. The third-order valence-corrected chi connectivity index (χ3v) is 22.4. The van der Waals surface area contributed by atoms with Gasteiger partial charge in [-0.2, -0.15) is 0 Å². The van der Waals surface area contributed by atoms with Crippen molar-refractivity contribution >= 4 is 145 Å². The maximum atomic E-state index is 12.0. The van der Waals surface area contributed by atoms with E-state index < -0.39 is 21.2 Å². The molecule has 3 aromatic rings. The van der Waals surface area contributed by atoms with E-state index in [2.05, 4.69) is 72.7 Å². The molecule has 8 aliphatic carbocycles. The number of nitro benzene ring substituents is 1. The number of benzene rings is 2. The van der Waals surface area contributed by atoms with E-state index in [9.17, 15) is 77.5 Å². The van der Waals surface area contributed by atoms with Crippen LogP contribution in [0.1, 0.15) is 310 Å². The van der Waals surface area contributed by atoms with Gasteiger partial charge in [-0.3, -0.25) is 53.3 Å². The minimum atomic E-state index is -1.21. The van der Waals surface area contributed by atoms with Crippen LogP contribution in [0.5, 0.6) is 0 Å². The van der Waals surface area contributed by atoms with Crippen molar-refractivity contribution in [3.63, 3.8) is 0 Å². The first kappa shape index (κ1) is 102. The number of allylic oxidation sites excluding steroid dienone is 2. The normalized spacial score (nSPS) is 18.0. The highest BCUT2D eigenvalue weighted by Gasteiger charge is 2.52. The van der Waals surface area contributed by atoms with E-state index >= 15 is 0 Å². The number of carbonyl (C=O) groups excluding carboxylic acids is 12. The quantitative estimate of drug-likeness (QED) is 0.0172. The number of aliphatic carboxylic acids is 2. The van der Waals surface area contributed by atoms with Crippen LogP contribution in [0.3, 0.4) is 0 Å². The number of halogens is 4. The number of nitro groups is 1. The summed E-state index contributed by atoms with van der Waals surface area (Å²) in [5.74, 6) is 3.17. The predicted molar refractivity (Wildman–Crippen MR) is 443 cm³/mol. The van der Waals surface area contributed by atoms with Gasteiger partial charge in [-0.1, -0.05) is 102 Å². The van der Waals surface area contributed by atoms with Gasteiger partial charge in [0.2, 0.25) is 11.1 Å². The number of alkyl halides is 2. The smallest absolute Gasteiger partial charge is 0.303 e. The second kappa shape index (κ2) is 52.6. The first-order valence-corrected chi connectivity index (χ1v) is 41.4. The van der Waals surface area contributed by atoms with Crippen LogP contribution < -0.4 is 15.7 Å². The number of hydrogen-bond donors (Lipinski definition) is 4. The first-order chi connectivity index (χ1) is 52.6. The molecular formula is C87H127Cl4N5O17. The summed E-state index contributed by atoms with van der Waals surface area (Å²) in [5, 5.41) is 34.2. The number of carboxylic acids is 2. The molecule has 8 aliphatic rings. The average molecular weight is 1660 g/mol. The summed E-state index contributed by atoms with van der Waals surface area (Å²) in [6.45, 7) is 24.1. The van der Waals surface area contributed by atoms with Crippen LogP contribution in [0, 0.1) is 45.6 Å². The van der Waals surface area contributed by atoms with E-state index in [1.807, 2.05) is 20.8 Å². The van der Waals surface area contributed by atoms with E-state index in [0.717, 1.165) is 79.5 Å². The lowest BCUT2D eigenvalue weighted by molar-refractivity contribution is -0.725. The molecule has 8 saturated carbocycles. The molecule has 8 fully saturated rings. The Morgan fingerprint density at radius 1 is 0.575 bits per heavy atom. The molecule has 26 heteroatoms. The maximum Gasteiger partial charge on any atom is 0.303 e. The lowest BCUT2D eigenvalue weighted by Gasteiger charge is -2.37. The van der Waals surface area contributed by atoms with E-state index in [1.54, 1.807) is 38.1 Å². The molecule has 0 spiro atoms. The van der Waals surface area contributed by atoms with Crippen molar-refractivity contribution in [3.05, 3.63) is 88.8 Å². The number of carboxylic acid groups (broad SMARTS) is 2. The van der Waals surface area contributed by atoms with Crippen LogP contribution in [0.25, 0.3) is 11.0 Å². The van der Waals surface area contributed by atoms with Crippen molar-refractivity contribution < 1.29 is 82.8 Å². The molecule has 2 aromatic carbocycles. The van der Waals surface area contributed by atoms with E-state index in [0.29, 0.717) is 150 Å². The third-order valence-electron chi connectivity index (χ3n) is 21.1. The van der Waals surface area contributed by atoms with E-state index in [4.69, 9.17) is 39.9 Å². The fourth-order valence-electron chi connectivity index (χ4n) is 13.6. The molecule has 11 rings (SSSR count). The Morgan fingerprint density at radius 3 is 1.34 bits per heavy atom. The average Bonchev–Trinajstić information content (AvgIpc) is 1.34. The highest BCUT2D eigenvalue weighted by Crippen LogP contribution is 2.47.